The van der Waals surface area contributed by atoms with E-state index in [1.54, 1.807) is 4.57 Å². The molecule has 0 aromatic carbocycles. The van der Waals surface area contributed by atoms with Crippen molar-refractivity contribution in [3.8, 4) is 0 Å². The molecule has 1 aromatic heterocycles. The van der Waals surface area contributed by atoms with Gasteiger partial charge in [0.05, 0.1) is 0 Å². The molecule has 0 radical (unpaired) electrons. The van der Waals surface area contributed by atoms with Gasteiger partial charge < -0.3 is 15.0 Å². The van der Waals surface area contributed by atoms with Crippen molar-refractivity contribution in [2.45, 2.75) is 18.9 Å². The molecule has 14 heavy (non-hydrogen) atoms. The molecule has 0 amide bonds. The quantitative estimate of drug-likeness (QED) is 0.690. The topological polar surface area (TPSA) is 80.0 Å². The Morgan fingerprint density at radius 3 is 2.93 bits per heavy atom. The minimum Gasteiger partial charge on any atom is -0.475 e. The van der Waals surface area contributed by atoms with Crippen LogP contribution in [0.15, 0.2) is 6.33 Å². The molecule has 0 unspecified atom stereocenters. The highest BCUT2D eigenvalue weighted by Gasteiger charge is 2.21. The van der Waals surface area contributed by atoms with E-state index < -0.39 is 5.97 Å². The van der Waals surface area contributed by atoms with E-state index in [1.807, 2.05) is 0 Å². The summed E-state index contributed by atoms with van der Waals surface area (Å²) in [6.45, 7) is 1.84. The summed E-state index contributed by atoms with van der Waals surface area (Å²) >= 11 is 0. The van der Waals surface area contributed by atoms with Gasteiger partial charge in [-0.05, 0) is 25.9 Å². The minimum absolute atomic E-state index is 0.0388. The molecule has 2 heterocycles. The minimum atomic E-state index is -1.01. The van der Waals surface area contributed by atoms with Gasteiger partial charge in [-0.1, -0.05) is 0 Å². The lowest BCUT2D eigenvalue weighted by molar-refractivity contribution is 0.0673. The maximum Gasteiger partial charge on any atom is 0.374 e. The molecule has 6 heteroatoms. The summed E-state index contributed by atoms with van der Waals surface area (Å²) in [7, 11) is 0. The summed E-state index contributed by atoms with van der Waals surface area (Å²) in [5.74, 6) is -0.974. The Morgan fingerprint density at radius 2 is 2.29 bits per heavy atom. The van der Waals surface area contributed by atoms with Gasteiger partial charge in [-0.3, -0.25) is 0 Å². The molecule has 6 nitrogen and oxygen atoms in total. The number of aromatic nitrogens is 3. The molecule has 1 saturated heterocycles. The van der Waals surface area contributed by atoms with Gasteiger partial charge in [-0.2, -0.15) is 0 Å². The standard InChI is InChI=1S/C8H12N4O2/c13-8(14)7-11-10-5-12(7)6-1-3-9-4-2-6/h5-6,9H,1-4H2,(H,13,14). The van der Waals surface area contributed by atoms with Gasteiger partial charge in [-0.25, -0.2) is 4.79 Å². The van der Waals surface area contributed by atoms with Gasteiger partial charge >= 0.3 is 5.97 Å². The molecule has 2 rings (SSSR count). The number of piperidine rings is 1. The first-order valence-electron chi connectivity index (χ1n) is 4.62. The largest absolute Gasteiger partial charge is 0.475 e. The Morgan fingerprint density at radius 1 is 1.57 bits per heavy atom. The lowest BCUT2D eigenvalue weighted by Crippen LogP contribution is -2.30. The number of carboxylic acid groups (broad SMARTS) is 1. The van der Waals surface area contributed by atoms with E-state index in [2.05, 4.69) is 15.5 Å². The third kappa shape index (κ3) is 1.60. The van der Waals surface area contributed by atoms with Crippen LogP contribution >= 0.6 is 0 Å². The number of nitrogens with zero attached hydrogens (tertiary/aromatic N) is 3. The molecule has 0 atom stereocenters. The summed E-state index contributed by atoms with van der Waals surface area (Å²) in [6.07, 6.45) is 3.36. The van der Waals surface area contributed by atoms with Gasteiger partial charge in [0.25, 0.3) is 0 Å². The molecule has 1 aliphatic heterocycles. The van der Waals surface area contributed by atoms with Crippen LogP contribution < -0.4 is 5.32 Å². The van der Waals surface area contributed by atoms with E-state index in [0.29, 0.717) is 0 Å². The Hall–Kier alpha value is -1.43. The third-order valence-electron chi connectivity index (χ3n) is 2.47. The summed E-state index contributed by atoms with van der Waals surface area (Å²) in [5, 5.41) is 19.3. The second-order valence-corrected chi connectivity index (χ2v) is 3.35. The predicted octanol–water partition coefficient (Wildman–Crippen LogP) is -0.0992. The van der Waals surface area contributed by atoms with E-state index >= 15 is 0 Å². The Bertz CT molecular complexity index is 330. The number of hydrogen-bond donors (Lipinski definition) is 2. The van der Waals surface area contributed by atoms with Crippen LogP contribution in [0.2, 0.25) is 0 Å². The van der Waals surface area contributed by atoms with Crippen LogP contribution in [0.25, 0.3) is 0 Å². The van der Waals surface area contributed by atoms with Crippen LogP contribution in [0.5, 0.6) is 0 Å². The maximum atomic E-state index is 10.8. The first-order chi connectivity index (χ1) is 6.79. The molecule has 76 valence electrons. The Kier molecular flexibility index (Phi) is 2.45. The highest BCUT2D eigenvalue weighted by atomic mass is 16.4. The smallest absolute Gasteiger partial charge is 0.374 e. The van der Waals surface area contributed by atoms with Gasteiger partial charge in [0.2, 0.25) is 5.82 Å². The molecule has 1 aromatic rings. The van der Waals surface area contributed by atoms with Gasteiger partial charge in [0, 0.05) is 6.04 Å². The number of carbonyl (C=O) groups is 1. The fraction of sp³-hybridized carbons (Fsp3) is 0.625. The maximum absolute atomic E-state index is 10.8. The second-order valence-electron chi connectivity index (χ2n) is 3.35. The van der Waals surface area contributed by atoms with Crippen molar-refractivity contribution in [3.63, 3.8) is 0 Å². The van der Waals surface area contributed by atoms with Crippen molar-refractivity contribution >= 4 is 5.97 Å². The van der Waals surface area contributed by atoms with E-state index in [4.69, 9.17) is 5.11 Å². The zero-order valence-corrected chi connectivity index (χ0v) is 7.68. The van der Waals surface area contributed by atoms with Crippen molar-refractivity contribution in [1.82, 2.24) is 20.1 Å². The first-order valence-corrected chi connectivity index (χ1v) is 4.62. The van der Waals surface area contributed by atoms with E-state index in [-0.39, 0.29) is 11.9 Å². The van der Waals surface area contributed by atoms with E-state index in [9.17, 15) is 4.79 Å². The van der Waals surface area contributed by atoms with Crippen molar-refractivity contribution in [2.75, 3.05) is 13.1 Å². The number of hydrogen-bond acceptors (Lipinski definition) is 4. The van der Waals surface area contributed by atoms with Crippen LogP contribution in [-0.4, -0.2) is 38.9 Å². The average molecular weight is 196 g/mol. The second kappa shape index (κ2) is 3.75. The highest BCUT2D eigenvalue weighted by molar-refractivity contribution is 5.83. The number of rotatable bonds is 2. The summed E-state index contributed by atoms with van der Waals surface area (Å²) in [4.78, 5) is 10.8. The van der Waals surface area contributed by atoms with Crippen molar-refractivity contribution in [2.24, 2.45) is 0 Å². The molecule has 2 N–H and O–H groups in total. The fourth-order valence-electron chi connectivity index (χ4n) is 1.75. The lowest BCUT2D eigenvalue weighted by Gasteiger charge is -2.23. The van der Waals surface area contributed by atoms with Crippen LogP contribution in [0, 0.1) is 0 Å². The van der Waals surface area contributed by atoms with E-state index in [1.165, 1.54) is 6.33 Å². The van der Waals surface area contributed by atoms with E-state index in [0.717, 1.165) is 25.9 Å². The monoisotopic (exact) mass is 196 g/mol. The number of carboxylic acids is 1. The zero-order chi connectivity index (χ0) is 9.97. The predicted molar refractivity (Wildman–Crippen MR) is 48.1 cm³/mol. The van der Waals surface area contributed by atoms with Crippen molar-refractivity contribution < 1.29 is 9.90 Å². The Balaban J connectivity index is 2.21. The molecule has 0 aliphatic carbocycles. The van der Waals surface area contributed by atoms with Gasteiger partial charge in [-0.15, -0.1) is 10.2 Å². The van der Waals surface area contributed by atoms with Crippen LogP contribution in [-0.2, 0) is 0 Å². The summed E-state index contributed by atoms with van der Waals surface area (Å²) in [6, 6.07) is 0.220. The SMILES string of the molecule is O=C(O)c1nncn1C1CCNCC1. The van der Waals surface area contributed by atoms with Gasteiger partial charge in [0.1, 0.15) is 6.33 Å². The van der Waals surface area contributed by atoms with Gasteiger partial charge in [0.15, 0.2) is 0 Å². The van der Waals surface area contributed by atoms with Crippen molar-refractivity contribution in [1.29, 1.82) is 0 Å². The molecule has 1 aliphatic rings. The summed E-state index contributed by atoms with van der Waals surface area (Å²) < 4.78 is 1.66. The van der Waals surface area contributed by atoms with Crippen LogP contribution in [0.4, 0.5) is 0 Å². The number of nitrogens with one attached hydrogen (secondary N) is 1. The Labute approximate surface area is 80.9 Å². The molecule has 0 saturated carbocycles. The molecule has 1 fully saturated rings. The third-order valence-corrected chi connectivity index (χ3v) is 2.47. The molecule has 0 bridgehead atoms. The molecule has 0 spiro atoms. The van der Waals surface area contributed by atoms with Crippen LogP contribution in [0.3, 0.4) is 0 Å². The molecular formula is C8H12N4O2. The average Bonchev–Trinajstić information content (AvgIpc) is 2.67. The molecular weight excluding hydrogens is 184 g/mol. The van der Waals surface area contributed by atoms with Crippen LogP contribution in [0.1, 0.15) is 29.5 Å². The first kappa shape index (κ1) is 9.14. The zero-order valence-electron chi connectivity index (χ0n) is 7.68. The number of aromatic carboxylic acids is 1. The lowest BCUT2D eigenvalue weighted by atomic mass is 10.1. The fourth-order valence-corrected chi connectivity index (χ4v) is 1.75. The van der Waals surface area contributed by atoms with Crippen molar-refractivity contribution in [3.05, 3.63) is 12.2 Å². The normalized spacial score (nSPS) is 18.3. The summed E-state index contributed by atoms with van der Waals surface area (Å²) in [5.41, 5.74) is 0. The highest BCUT2D eigenvalue weighted by Crippen LogP contribution is 2.19.